The normalized spacial score (nSPS) is 15.9. The van der Waals surface area contributed by atoms with Crippen LogP contribution in [-0.4, -0.2) is 24.4 Å². The maximum atomic E-state index is 10.9. The summed E-state index contributed by atoms with van der Waals surface area (Å²) in [7, 11) is 0. The molecule has 0 aliphatic carbocycles. The van der Waals surface area contributed by atoms with Gasteiger partial charge in [-0.05, 0) is 31.4 Å². The Bertz CT molecular complexity index is 574. The van der Waals surface area contributed by atoms with E-state index in [1.54, 1.807) is 6.07 Å². The minimum absolute atomic E-state index is 0.506. The molecule has 3 rings (SSSR count). The van der Waals surface area contributed by atoms with Gasteiger partial charge >= 0.3 is 0 Å². The number of para-hydroxylation sites is 1. The summed E-state index contributed by atoms with van der Waals surface area (Å²) in [4.78, 5) is 17.7. The molecule has 1 aromatic heterocycles. The average molecular weight is 240 g/mol. The molecule has 1 aliphatic rings. The molecule has 1 aliphatic heterocycles. The SMILES string of the molecule is O=Cc1ccc2cccc(N3CCCCC3)c2n1. The summed E-state index contributed by atoms with van der Waals surface area (Å²) in [5, 5.41) is 1.10. The van der Waals surface area contributed by atoms with E-state index < -0.39 is 0 Å². The van der Waals surface area contributed by atoms with Gasteiger partial charge in [-0.1, -0.05) is 18.2 Å². The highest BCUT2D eigenvalue weighted by Crippen LogP contribution is 2.27. The van der Waals surface area contributed by atoms with Crippen molar-refractivity contribution in [2.24, 2.45) is 0 Å². The Morgan fingerprint density at radius 3 is 2.67 bits per heavy atom. The lowest BCUT2D eigenvalue weighted by Gasteiger charge is -2.29. The lowest BCUT2D eigenvalue weighted by Crippen LogP contribution is -2.29. The van der Waals surface area contributed by atoms with E-state index in [9.17, 15) is 4.79 Å². The Kier molecular flexibility index (Phi) is 2.97. The largest absolute Gasteiger partial charge is 0.370 e. The third-order valence-corrected chi connectivity index (χ3v) is 3.54. The van der Waals surface area contributed by atoms with Crippen molar-refractivity contribution in [1.29, 1.82) is 0 Å². The van der Waals surface area contributed by atoms with Crippen molar-refractivity contribution in [2.75, 3.05) is 18.0 Å². The minimum atomic E-state index is 0.506. The number of pyridine rings is 1. The Hall–Kier alpha value is -1.90. The fraction of sp³-hybridized carbons (Fsp3) is 0.333. The standard InChI is InChI=1S/C15H16N2O/c18-11-13-8-7-12-5-4-6-14(15(12)16-13)17-9-2-1-3-10-17/h4-8,11H,1-3,9-10H2. The van der Waals surface area contributed by atoms with Crippen molar-refractivity contribution >= 4 is 22.9 Å². The van der Waals surface area contributed by atoms with E-state index in [1.165, 1.54) is 19.3 Å². The van der Waals surface area contributed by atoms with Gasteiger partial charge in [0.05, 0.1) is 11.2 Å². The van der Waals surface area contributed by atoms with Gasteiger partial charge in [-0.3, -0.25) is 4.79 Å². The molecular formula is C15H16N2O. The monoisotopic (exact) mass is 240 g/mol. The minimum Gasteiger partial charge on any atom is -0.370 e. The van der Waals surface area contributed by atoms with Crippen LogP contribution in [0.1, 0.15) is 29.8 Å². The molecule has 1 fully saturated rings. The first-order valence-corrected chi connectivity index (χ1v) is 6.48. The van der Waals surface area contributed by atoms with Gasteiger partial charge in [0.15, 0.2) is 6.29 Å². The van der Waals surface area contributed by atoms with Gasteiger partial charge in [0.1, 0.15) is 5.69 Å². The molecule has 0 N–H and O–H groups in total. The molecule has 2 heterocycles. The molecule has 0 bridgehead atoms. The van der Waals surface area contributed by atoms with Gasteiger partial charge in [0, 0.05) is 18.5 Å². The predicted octanol–water partition coefficient (Wildman–Crippen LogP) is 3.04. The summed E-state index contributed by atoms with van der Waals surface area (Å²) in [5.74, 6) is 0. The third-order valence-electron chi connectivity index (χ3n) is 3.54. The molecule has 0 saturated carbocycles. The lowest BCUT2D eigenvalue weighted by molar-refractivity contribution is 0.111. The number of carbonyl (C=O) groups is 1. The summed E-state index contributed by atoms with van der Waals surface area (Å²) in [6.07, 6.45) is 4.61. The molecule has 1 aromatic carbocycles. The number of anilines is 1. The number of aldehydes is 1. The second kappa shape index (κ2) is 4.77. The van der Waals surface area contributed by atoms with Crippen LogP contribution in [0.2, 0.25) is 0 Å². The van der Waals surface area contributed by atoms with E-state index in [1.807, 2.05) is 12.1 Å². The van der Waals surface area contributed by atoms with E-state index in [0.29, 0.717) is 5.69 Å². The summed E-state index contributed by atoms with van der Waals surface area (Å²) in [5.41, 5.74) is 2.62. The number of rotatable bonds is 2. The highest BCUT2D eigenvalue weighted by atomic mass is 16.1. The molecule has 3 nitrogen and oxygen atoms in total. The zero-order valence-corrected chi connectivity index (χ0v) is 10.3. The van der Waals surface area contributed by atoms with E-state index in [2.05, 4.69) is 22.0 Å². The number of aromatic nitrogens is 1. The molecule has 0 amide bonds. The van der Waals surface area contributed by atoms with E-state index in [4.69, 9.17) is 0 Å². The topological polar surface area (TPSA) is 33.2 Å². The first kappa shape index (κ1) is 11.2. The number of benzene rings is 1. The molecule has 18 heavy (non-hydrogen) atoms. The van der Waals surface area contributed by atoms with Crippen LogP contribution in [-0.2, 0) is 0 Å². The summed E-state index contributed by atoms with van der Waals surface area (Å²) in [6, 6.07) is 9.96. The molecule has 0 spiro atoms. The van der Waals surface area contributed by atoms with Gasteiger partial charge in [0.2, 0.25) is 0 Å². The summed E-state index contributed by atoms with van der Waals surface area (Å²) >= 11 is 0. The fourth-order valence-corrected chi connectivity index (χ4v) is 2.60. The molecular weight excluding hydrogens is 224 g/mol. The van der Waals surface area contributed by atoms with Gasteiger partial charge in [0.25, 0.3) is 0 Å². The van der Waals surface area contributed by atoms with Crippen LogP contribution in [0.5, 0.6) is 0 Å². The van der Waals surface area contributed by atoms with Crippen LogP contribution < -0.4 is 4.90 Å². The Labute approximate surface area is 106 Å². The lowest BCUT2D eigenvalue weighted by atomic mass is 10.1. The van der Waals surface area contributed by atoms with Crippen molar-refractivity contribution in [1.82, 2.24) is 4.98 Å². The van der Waals surface area contributed by atoms with Crippen LogP contribution >= 0.6 is 0 Å². The van der Waals surface area contributed by atoms with Gasteiger partial charge in [-0.25, -0.2) is 4.98 Å². The Morgan fingerprint density at radius 2 is 1.89 bits per heavy atom. The Morgan fingerprint density at radius 1 is 1.06 bits per heavy atom. The maximum absolute atomic E-state index is 10.9. The van der Waals surface area contributed by atoms with Crippen LogP contribution in [0.3, 0.4) is 0 Å². The van der Waals surface area contributed by atoms with E-state index in [-0.39, 0.29) is 0 Å². The second-order valence-corrected chi connectivity index (χ2v) is 4.75. The van der Waals surface area contributed by atoms with Crippen molar-refractivity contribution in [3.8, 4) is 0 Å². The number of fused-ring (bicyclic) bond motifs is 1. The molecule has 0 atom stereocenters. The molecule has 3 heteroatoms. The van der Waals surface area contributed by atoms with Gasteiger partial charge in [-0.15, -0.1) is 0 Å². The van der Waals surface area contributed by atoms with Crippen molar-refractivity contribution in [2.45, 2.75) is 19.3 Å². The molecule has 92 valence electrons. The molecule has 1 saturated heterocycles. The number of nitrogens with zero attached hydrogens (tertiary/aromatic N) is 2. The van der Waals surface area contributed by atoms with Crippen molar-refractivity contribution in [3.63, 3.8) is 0 Å². The fourth-order valence-electron chi connectivity index (χ4n) is 2.60. The van der Waals surface area contributed by atoms with Crippen molar-refractivity contribution in [3.05, 3.63) is 36.0 Å². The second-order valence-electron chi connectivity index (χ2n) is 4.75. The summed E-state index contributed by atoms with van der Waals surface area (Å²) < 4.78 is 0. The Balaban J connectivity index is 2.11. The predicted molar refractivity (Wildman–Crippen MR) is 73.2 cm³/mol. The first-order chi connectivity index (χ1) is 8.88. The highest BCUT2D eigenvalue weighted by molar-refractivity contribution is 5.92. The van der Waals surface area contributed by atoms with E-state index >= 15 is 0 Å². The van der Waals surface area contributed by atoms with Crippen LogP contribution in [0, 0.1) is 0 Å². The first-order valence-electron chi connectivity index (χ1n) is 6.48. The smallest absolute Gasteiger partial charge is 0.168 e. The molecule has 0 radical (unpaired) electrons. The van der Waals surface area contributed by atoms with Gasteiger partial charge in [-0.2, -0.15) is 0 Å². The van der Waals surface area contributed by atoms with Crippen LogP contribution in [0.4, 0.5) is 5.69 Å². The van der Waals surface area contributed by atoms with Crippen LogP contribution in [0.25, 0.3) is 10.9 Å². The number of carbonyl (C=O) groups excluding carboxylic acids is 1. The number of hydrogen-bond acceptors (Lipinski definition) is 3. The zero-order valence-electron chi connectivity index (χ0n) is 10.3. The highest BCUT2D eigenvalue weighted by Gasteiger charge is 2.14. The number of piperidine rings is 1. The van der Waals surface area contributed by atoms with Crippen molar-refractivity contribution < 1.29 is 4.79 Å². The quantitative estimate of drug-likeness (QED) is 0.756. The zero-order chi connectivity index (χ0) is 12.4. The molecule has 2 aromatic rings. The third kappa shape index (κ3) is 1.96. The van der Waals surface area contributed by atoms with E-state index in [0.717, 1.165) is 36.0 Å². The average Bonchev–Trinajstić information content (AvgIpc) is 2.47. The number of hydrogen-bond donors (Lipinski definition) is 0. The van der Waals surface area contributed by atoms with Crippen LogP contribution in [0.15, 0.2) is 30.3 Å². The molecule has 0 unspecified atom stereocenters. The summed E-state index contributed by atoms with van der Waals surface area (Å²) in [6.45, 7) is 2.18. The maximum Gasteiger partial charge on any atom is 0.168 e. The van der Waals surface area contributed by atoms with Gasteiger partial charge < -0.3 is 4.90 Å².